The molecule has 1 atom stereocenters. The van der Waals surface area contributed by atoms with Gasteiger partial charge in [0.15, 0.2) is 15.6 Å². The molecule has 0 radical (unpaired) electrons. The molecule has 1 aliphatic rings. The Morgan fingerprint density at radius 2 is 2.00 bits per heavy atom. The predicted octanol–water partition coefficient (Wildman–Crippen LogP) is 3.22. The number of carbonyl (C=O) groups excluding carboxylic acids is 1. The maximum atomic E-state index is 12.7. The molecule has 0 aliphatic carbocycles. The largest absolute Gasteiger partial charge is 0.455 e. The lowest BCUT2D eigenvalue weighted by atomic mass is 10.2. The molecular weight excluding hydrogens is 358 g/mol. The molecule has 0 unspecified atom stereocenters. The number of hydrogen-bond acceptors (Lipinski definition) is 5. The number of sulfone groups is 1. The van der Waals surface area contributed by atoms with Crippen LogP contribution in [0.5, 0.6) is 0 Å². The van der Waals surface area contributed by atoms with Gasteiger partial charge in [-0.15, -0.1) is 11.8 Å². The molecule has 1 aromatic heterocycles. The zero-order valence-electron chi connectivity index (χ0n) is 14.1. The first-order valence-electron chi connectivity index (χ1n) is 8.26. The fourth-order valence-electron chi connectivity index (χ4n) is 2.97. The summed E-state index contributed by atoms with van der Waals surface area (Å²) in [6, 6.07) is 13.2. The van der Waals surface area contributed by atoms with Crippen LogP contribution >= 0.6 is 11.8 Å². The van der Waals surface area contributed by atoms with Crippen molar-refractivity contribution in [2.75, 3.05) is 18.1 Å². The highest BCUT2D eigenvalue weighted by atomic mass is 32.2. The average Bonchev–Trinajstić information content (AvgIpc) is 3.21. The molecule has 1 amide bonds. The summed E-state index contributed by atoms with van der Waals surface area (Å²) in [7, 11) is -3.03. The third kappa shape index (κ3) is 4.46. The number of benzene rings is 1. The van der Waals surface area contributed by atoms with E-state index in [2.05, 4.69) is 0 Å². The summed E-state index contributed by atoms with van der Waals surface area (Å²) in [5, 5.41) is 0. The van der Waals surface area contributed by atoms with Crippen LogP contribution in [0.25, 0.3) is 0 Å². The van der Waals surface area contributed by atoms with Crippen molar-refractivity contribution in [3.63, 3.8) is 0 Å². The van der Waals surface area contributed by atoms with Gasteiger partial charge in [0.25, 0.3) is 5.91 Å². The Morgan fingerprint density at radius 1 is 1.24 bits per heavy atom. The standard InChI is InChI=1S/C18H21NO4S2/c1-2-19(14-10-11-25(21,22)13-14)18(20)17-9-8-15(23-17)12-24-16-6-4-3-5-7-16/h3-9,14H,2,10-13H2,1H3/t14-/m0/s1. The van der Waals surface area contributed by atoms with Gasteiger partial charge in [-0.3, -0.25) is 4.79 Å². The Hall–Kier alpha value is -1.73. The lowest BCUT2D eigenvalue weighted by Crippen LogP contribution is -2.40. The first-order valence-corrected chi connectivity index (χ1v) is 11.1. The number of amides is 1. The van der Waals surface area contributed by atoms with E-state index in [9.17, 15) is 13.2 Å². The monoisotopic (exact) mass is 379 g/mol. The second kappa shape index (κ2) is 7.66. The molecule has 1 fully saturated rings. The van der Waals surface area contributed by atoms with Crippen molar-refractivity contribution in [1.82, 2.24) is 4.90 Å². The number of rotatable bonds is 6. The third-order valence-corrected chi connectivity index (χ3v) is 7.03. The topological polar surface area (TPSA) is 67.6 Å². The van der Waals surface area contributed by atoms with E-state index in [1.807, 2.05) is 43.3 Å². The van der Waals surface area contributed by atoms with Crippen LogP contribution in [-0.2, 0) is 15.6 Å². The number of nitrogens with zero attached hydrogens (tertiary/aromatic N) is 1. The van der Waals surface area contributed by atoms with Crippen LogP contribution in [0.4, 0.5) is 0 Å². The first kappa shape index (κ1) is 18.1. The van der Waals surface area contributed by atoms with Crippen molar-refractivity contribution in [2.45, 2.75) is 30.0 Å². The number of furan rings is 1. The molecule has 0 N–H and O–H groups in total. The molecule has 25 heavy (non-hydrogen) atoms. The summed E-state index contributed by atoms with van der Waals surface area (Å²) < 4.78 is 29.1. The number of thioether (sulfide) groups is 1. The maximum absolute atomic E-state index is 12.7. The van der Waals surface area contributed by atoms with Crippen LogP contribution in [0.1, 0.15) is 29.7 Å². The van der Waals surface area contributed by atoms with E-state index in [0.29, 0.717) is 18.7 Å². The van der Waals surface area contributed by atoms with Crippen molar-refractivity contribution < 1.29 is 17.6 Å². The van der Waals surface area contributed by atoms with E-state index >= 15 is 0 Å². The lowest BCUT2D eigenvalue weighted by molar-refractivity contribution is 0.0674. The molecule has 7 heteroatoms. The van der Waals surface area contributed by atoms with Crippen LogP contribution in [0.3, 0.4) is 0 Å². The summed E-state index contributed by atoms with van der Waals surface area (Å²) in [6.07, 6.45) is 0.499. The van der Waals surface area contributed by atoms with Crippen LogP contribution in [-0.4, -0.2) is 43.3 Å². The van der Waals surface area contributed by atoms with E-state index in [4.69, 9.17) is 4.42 Å². The van der Waals surface area contributed by atoms with Gasteiger partial charge in [0, 0.05) is 17.5 Å². The SMILES string of the molecule is CCN(C(=O)c1ccc(CSc2ccccc2)o1)[C@H]1CCS(=O)(=O)C1. The minimum Gasteiger partial charge on any atom is -0.455 e. The molecular formula is C18H21NO4S2. The van der Waals surface area contributed by atoms with Crippen molar-refractivity contribution in [3.05, 3.63) is 54.0 Å². The van der Waals surface area contributed by atoms with E-state index in [1.165, 1.54) is 0 Å². The Morgan fingerprint density at radius 3 is 2.64 bits per heavy atom. The average molecular weight is 380 g/mol. The minimum absolute atomic E-state index is 0.0456. The Labute approximate surface area is 152 Å². The normalized spacial score (nSPS) is 19.0. The smallest absolute Gasteiger partial charge is 0.289 e. The van der Waals surface area contributed by atoms with Gasteiger partial charge >= 0.3 is 0 Å². The predicted molar refractivity (Wildman–Crippen MR) is 98.5 cm³/mol. The van der Waals surface area contributed by atoms with E-state index in [-0.39, 0.29) is 29.2 Å². The van der Waals surface area contributed by atoms with Crippen LogP contribution in [0.2, 0.25) is 0 Å². The lowest BCUT2D eigenvalue weighted by Gasteiger charge is -2.25. The van der Waals surface area contributed by atoms with Crippen molar-refractivity contribution in [1.29, 1.82) is 0 Å². The summed E-state index contributed by atoms with van der Waals surface area (Å²) in [5.74, 6) is 1.60. The molecule has 0 spiro atoms. The van der Waals surface area contributed by atoms with Crippen molar-refractivity contribution in [3.8, 4) is 0 Å². The van der Waals surface area contributed by atoms with Gasteiger partial charge in [-0.1, -0.05) is 18.2 Å². The van der Waals surface area contributed by atoms with Crippen LogP contribution < -0.4 is 0 Å². The van der Waals surface area contributed by atoms with Crippen molar-refractivity contribution >= 4 is 27.5 Å². The molecule has 134 valence electrons. The molecule has 5 nitrogen and oxygen atoms in total. The maximum Gasteiger partial charge on any atom is 0.289 e. The fourth-order valence-corrected chi connectivity index (χ4v) is 5.52. The van der Waals surface area contributed by atoms with Crippen LogP contribution in [0.15, 0.2) is 51.8 Å². The minimum atomic E-state index is -3.03. The van der Waals surface area contributed by atoms with E-state index in [1.54, 1.807) is 22.7 Å². The van der Waals surface area contributed by atoms with Crippen molar-refractivity contribution in [2.24, 2.45) is 0 Å². The highest BCUT2D eigenvalue weighted by Crippen LogP contribution is 2.25. The van der Waals surface area contributed by atoms with Gasteiger partial charge in [-0.05, 0) is 37.6 Å². The second-order valence-corrected chi connectivity index (χ2v) is 9.29. The fraction of sp³-hybridized carbons (Fsp3) is 0.389. The van der Waals surface area contributed by atoms with Gasteiger partial charge in [-0.25, -0.2) is 8.42 Å². The Kier molecular flexibility index (Phi) is 5.54. The zero-order valence-corrected chi connectivity index (χ0v) is 15.7. The van der Waals surface area contributed by atoms with E-state index < -0.39 is 9.84 Å². The van der Waals surface area contributed by atoms with Gasteiger partial charge in [0.05, 0.1) is 17.3 Å². The molecule has 2 aromatic rings. The Bertz CT molecular complexity index is 830. The van der Waals surface area contributed by atoms with Gasteiger partial charge < -0.3 is 9.32 Å². The van der Waals surface area contributed by atoms with Gasteiger partial charge in [0.1, 0.15) is 5.76 Å². The molecule has 0 bridgehead atoms. The molecule has 1 aliphatic heterocycles. The van der Waals surface area contributed by atoms with E-state index in [0.717, 1.165) is 10.7 Å². The summed E-state index contributed by atoms with van der Waals surface area (Å²) in [5.41, 5.74) is 0. The quantitative estimate of drug-likeness (QED) is 0.721. The first-order chi connectivity index (χ1) is 12.0. The highest BCUT2D eigenvalue weighted by Gasteiger charge is 2.35. The number of carbonyl (C=O) groups is 1. The summed E-state index contributed by atoms with van der Waals surface area (Å²) in [6.45, 7) is 2.33. The van der Waals surface area contributed by atoms with Crippen LogP contribution in [0, 0.1) is 0 Å². The van der Waals surface area contributed by atoms with Gasteiger partial charge in [-0.2, -0.15) is 0 Å². The number of hydrogen-bond donors (Lipinski definition) is 0. The molecule has 3 rings (SSSR count). The molecule has 1 saturated heterocycles. The highest BCUT2D eigenvalue weighted by molar-refractivity contribution is 7.98. The molecule has 1 aromatic carbocycles. The Balaban J connectivity index is 1.65. The summed E-state index contributed by atoms with van der Waals surface area (Å²) in [4.78, 5) is 15.4. The molecule has 0 saturated carbocycles. The summed E-state index contributed by atoms with van der Waals surface area (Å²) >= 11 is 1.64. The third-order valence-electron chi connectivity index (χ3n) is 4.25. The molecule has 2 heterocycles. The second-order valence-electron chi connectivity index (χ2n) is 6.02. The zero-order chi connectivity index (χ0) is 17.9. The van der Waals surface area contributed by atoms with Gasteiger partial charge in [0.2, 0.25) is 0 Å².